The van der Waals surface area contributed by atoms with Crippen LogP contribution in [0.25, 0.3) is 0 Å². The topological polar surface area (TPSA) is 57.7 Å². The van der Waals surface area contributed by atoms with Crippen LogP contribution in [0.4, 0.5) is 26.7 Å². The summed E-state index contributed by atoms with van der Waals surface area (Å²) in [4.78, 5) is 16.3. The lowest BCUT2D eigenvalue weighted by molar-refractivity contribution is -0.137. The van der Waals surface area contributed by atoms with Gasteiger partial charge >= 0.3 is 12.2 Å². The molecule has 0 radical (unpaired) electrons. The van der Waals surface area contributed by atoms with E-state index >= 15 is 0 Å². The normalized spacial score (nSPS) is 22.3. The maximum absolute atomic E-state index is 13.9. The van der Waals surface area contributed by atoms with E-state index in [0.29, 0.717) is 62.5 Å². The van der Waals surface area contributed by atoms with Crippen LogP contribution in [0.15, 0.2) is 41.3 Å². The van der Waals surface area contributed by atoms with Gasteiger partial charge in [-0.1, -0.05) is 12.1 Å². The molecule has 2 aliphatic heterocycles. The molecule has 4 fully saturated rings. The van der Waals surface area contributed by atoms with Gasteiger partial charge in [0, 0.05) is 49.3 Å². The molecule has 0 N–H and O–H groups in total. The van der Waals surface area contributed by atoms with Crippen LogP contribution in [0, 0.1) is 28.4 Å². The Kier molecular flexibility index (Phi) is 5.89. The van der Waals surface area contributed by atoms with E-state index in [4.69, 9.17) is 0 Å². The van der Waals surface area contributed by atoms with Gasteiger partial charge < -0.3 is 9.80 Å². The molecule has 0 unspecified atom stereocenters. The lowest BCUT2D eigenvalue weighted by atomic mass is 9.55. The van der Waals surface area contributed by atoms with Crippen LogP contribution in [0.1, 0.15) is 48.3 Å². The fourth-order valence-corrected chi connectivity index (χ4v) is 8.40. The third-order valence-electron chi connectivity index (χ3n) is 9.15. The number of likely N-dealkylation sites (tertiary alicyclic amines) is 2. The zero-order valence-electron chi connectivity index (χ0n) is 21.4. The number of alkyl halides is 3. The summed E-state index contributed by atoms with van der Waals surface area (Å²) < 4.78 is 91.0. The number of halogens is 5. The first-order valence-corrected chi connectivity index (χ1v) is 14.9. The lowest BCUT2D eigenvalue weighted by Crippen LogP contribution is -2.70. The first kappa shape index (κ1) is 26.5. The van der Waals surface area contributed by atoms with Crippen molar-refractivity contribution in [3.8, 4) is 0 Å². The van der Waals surface area contributed by atoms with Crippen molar-refractivity contribution in [3.63, 3.8) is 0 Å². The molecule has 2 heterocycles. The Bertz CT molecular complexity index is 1430. The third-order valence-corrected chi connectivity index (χ3v) is 10.3. The molecule has 0 bridgehead atoms. The van der Waals surface area contributed by atoms with Gasteiger partial charge in [0.2, 0.25) is 0 Å². The zero-order chi connectivity index (χ0) is 28.0. The molecule has 39 heavy (non-hydrogen) atoms. The van der Waals surface area contributed by atoms with Gasteiger partial charge in [0.05, 0.1) is 10.5 Å². The Labute approximate surface area is 223 Å². The largest absolute Gasteiger partial charge is 0.416 e. The SMILES string of the molecule is CS(=O)(=O)c1cc(C(F)(F)F)ccc1C1CC2(C1)CN(C(=O)N1CC3(CC(Cc4ccc(F)cc4F)C3)C1)C2. The van der Waals surface area contributed by atoms with Crippen molar-refractivity contribution in [1.29, 1.82) is 0 Å². The van der Waals surface area contributed by atoms with Crippen molar-refractivity contribution >= 4 is 15.9 Å². The smallest absolute Gasteiger partial charge is 0.323 e. The summed E-state index contributed by atoms with van der Waals surface area (Å²) in [5.41, 5.74) is -0.0557. The van der Waals surface area contributed by atoms with Gasteiger partial charge in [-0.15, -0.1) is 0 Å². The second kappa shape index (κ2) is 8.65. The second-order valence-corrected chi connectivity index (χ2v) is 14.3. The Morgan fingerprint density at radius 3 is 2.05 bits per heavy atom. The molecule has 2 aromatic carbocycles. The van der Waals surface area contributed by atoms with Crippen LogP contribution in [-0.4, -0.2) is 56.7 Å². The summed E-state index contributed by atoms with van der Waals surface area (Å²) in [6.45, 7) is 2.47. The summed E-state index contributed by atoms with van der Waals surface area (Å²) in [7, 11) is -3.83. The van der Waals surface area contributed by atoms with E-state index in [1.807, 2.05) is 4.90 Å². The number of urea groups is 1. The molecule has 2 amide bonds. The Morgan fingerprint density at radius 2 is 1.51 bits per heavy atom. The summed E-state index contributed by atoms with van der Waals surface area (Å²) >= 11 is 0. The number of nitrogens with zero attached hydrogens (tertiary/aromatic N) is 2. The summed E-state index contributed by atoms with van der Waals surface area (Å²) in [6, 6.07) is 6.61. The molecular formula is C28H29F5N2O3S. The van der Waals surface area contributed by atoms with Gasteiger partial charge in [-0.2, -0.15) is 13.2 Å². The minimum Gasteiger partial charge on any atom is -0.323 e. The van der Waals surface area contributed by atoms with E-state index in [9.17, 15) is 35.2 Å². The first-order valence-electron chi connectivity index (χ1n) is 13.0. The number of sulfone groups is 1. The maximum atomic E-state index is 13.9. The molecule has 2 saturated heterocycles. The minimum atomic E-state index is -4.62. The standard InChI is InChI=1S/C28H29F5N2O3S/c1-39(37,38)24-7-20(28(31,32)33)3-5-22(24)19-11-27(12-19)15-35(16-27)25(36)34-13-26(14-34)9-17(10-26)6-18-2-4-21(29)8-23(18)30/h2-5,7-8,17,19H,6,9-16H2,1H3. The fraction of sp³-hybridized carbons (Fsp3) is 0.536. The van der Waals surface area contributed by atoms with Crippen molar-refractivity contribution in [2.75, 3.05) is 32.4 Å². The van der Waals surface area contributed by atoms with E-state index in [-0.39, 0.29) is 27.7 Å². The fourth-order valence-electron chi connectivity index (χ4n) is 7.40. The van der Waals surface area contributed by atoms with Crippen molar-refractivity contribution in [1.82, 2.24) is 9.80 Å². The molecule has 11 heteroatoms. The highest BCUT2D eigenvalue weighted by Gasteiger charge is 2.58. The van der Waals surface area contributed by atoms with Crippen LogP contribution in [0.2, 0.25) is 0 Å². The predicted octanol–water partition coefficient (Wildman–Crippen LogP) is 5.64. The average Bonchev–Trinajstić information content (AvgIpc) is 2.72. The van der Waals surface area contributed by atoms with Gasteiger partial charge in [-0.25, -0.2) is 22.0 Å². The van der Waals surface area contributed by atoms with E-state index in [0.717, 1.165) is 37.3 Å². The molecular weight excluding hydrogens is 539 g/mol. The molecule has 0 aromatic heterocycles. The Hall–Kier alpha value is -2.69. The van der Waals surface area contributed by atoms with Crippen molar-refractivity contribution in [3.05, 3.63) is 64.7 Å². The highest BCUT2D eigenvalue weighted by molar-refractivity contribution is 7.90. The van der Waals surface area contributed by atoms with Gasteiger partial charge in [0.1, 0.15) is 11.6 Å². The summed E-state index contributed by atoms with van der Waals surface area (Å²) in [6.07, 6.45) is -0.0343. The van der Waals surface area contributed by atoms with Crippen molar-refractivity contribution in [2.24, 2.45) is 16.7 Å². The van der Waals surface area contributed by atoms with Gasteiger partial charge in [-0.05, 0) is 73.3 Å². The van der Waals surface area contributed by atoms with Crippen molar-refractivity contribution in [2.45, 2.75) is 49.1 Å². The monoisotopic (exact) mass is 568 g/mol. The van der Waals surface area contributed by atoms with E-state index < -0.39 is 33.2 Å². The van der Waals surface area contributed by atoms with Crippen LogP contribution in [0.3, 0.4) is 0 Å². The van der Waals surface area contributed by atoms with E-state index in [2.05, 4.69) is 0 Å². The van der Waals surface area contributed by atoms with Crippen LogP contribution >= 0.6 is 0 Å². The second-order valence-electron chi connectivity index (χ2n) is 12.3. The highest BCUT2D eigenvalue weighted by atomic mass is 32.2. The number of benzene rings is 2. The molecule has 210 valence electrons. The number of amides is 2. The summed E-state index contributed by atoms with van der Waals surface area (Å²) in [5, 5.41) is 0. The van der Waals surface area contributed by atoms with Crippen LogP contribution < -0.4 is 0 Å². The molecule has 2 aromatic rings. The van der Waals surface area contributed by atoms with Crippen LogP contribution in [-0.2, 0) is 22.4 Å². The van der Waals surface area contributed by atoms with E-state index in [1.54, 1.807) is 4.90 Å². The number of hydrogen-bond donors (Lipinski definition) is 0. The number of carbonyl (C=O) groups is 1. The Balaban J connectivity index is 0.989. The molecule has 6 rings (SSSR count). The van der Waals surface area contributed by atoms with Crippen molar-refractivity contribution < 1.29 is 35.2 Å². The number of carbonyl (C=O) groups excluding carboxylic acids is 1. The molecule has 2 spiro atoms. The molecule has 0 atom stereocenters. The van der Waals surface area contributed by atoms with Gasteiger partial charge in [0.15, 0.2) is 9.84 Å². The summed E-state index contributed by atoms with van der Waals surface area (Å²) in [5.74, 6) is -0.932. The molecule has 2 saturated carbocycles. The Morgan fingerprint density at radius 1 is 0.923 bits per heavy atom. The third kappa shape index (κ3) is 4.70. The molecule has 2 aliphatic carbocycles. The quantitative estimate of drug-likeness (QED) is 0.449. The van der Waals surface area contributed by atoms with Crippen LogP contribution in [0.5, 0.6) is 0 Å². The highest BCUT2D eigenvalue weighted by Crippen LogP contribution is 2.58. The number of rotatable bonds is 4. The maximum Gasteiger partial charge on any atom is 0.416 e. The van der Waals surface area contributed by atoms with Gasteiger partial charge in [-0.3, -0.25) is 0 Å². The first-order chi connectivity index (χ1) is 18.2. The minimum absolute atomic E-state index is 0.0194. The average molecular weight is 569 g/mol. The number of hydrogen-bond acceptors (Lipinski definition) is 3. The van der Waals surface area contributed by atoms with E-state index in [1.165, 1.54) is 18.2 Å². The lowest BCUT2D eigenvalue weighted by Gasteiger charge is -2.63. The molecule has 5 nitrogen and oxygen atoms in total. The molecule has 4 aliphatic rings. The van der Waals surface area contributed by atoms with Gasteiger partial charge in [0.25, 0.3) is 0 Å². The predicted molar refractivity (Wildman–Crippen MR) is 133 cm³/mol. The zero-order valence-corrected chi connectivity index (χ0v) is 22.2.